The number of amides is 1. The van der Waals surface area contributed by atoms with Crippen molar-refractivity contribution in [3.05, 3.63) is 52.8 Å². The van der Waals surface area contributed by atoms with Crippen LogP contribution in [0.25, 0.3) is 0 Å². The molecule has 0 atom stereocenters. The Morgan fingerprint density at radius 1 is 1.20 bits per heavy atom. The van der Waals surface area contributed by atoms with Gasteiger partial charge in [-0.15, -0.1) is 0 Å². The van der Waals surface area contributed by atoms with Crippen molar-refractivity contribution < 1.29 is 19.4 Å². The SMILES string of the molecule is NC(=O)c1cc(Oc2ccc(Cl)c(C(=O)O)c2)ccn1. The molecule has 1 amide bonds. The molecule has 0 aliphatic rings. The summed E-state index contributed by atoms with van der Waals surface area (Å²) in [6.07, 6.45) is 1.36. The van der Waals surface area contributed by atoms with E-state index in [0.717, 1.165) is 0 Å². The third kappa shape index (κ3) is 3.04. The first-order valence-corrected chi connectivity index (χ1v) is 5.81. The normalized spacial score (nSPS) is 10.1. The first kappa shape index (κ1) is 13.8. The van der Waals surface area contributed by atoms with E-state index >= 15 is 0 Å². The number of ether oxygens (including phenoxy) is 1. The largest absolute Gasteiger partial charge is 0.478 e. The number of aromatic carboxylic acids is 1. The van der Waals surface area contributed by atoms with Gasteiger partial charge in [-0.25, -0.2) is 4.79 Å². The lowest BCUT2D eigenvalue weighted by atomic mass is 10.2. The highest BCUT2D eigenvalue weighted by atomic mass is 35.5. The van der Waals surface area contributed by atoms with Gasteiger partial charge in [0.15, 0.2) is 0 Å². The molecule has 1 aromatic heterocycles. The standard InChI is InChI=1S/C13H9ClN2O4/c14-10-2-1-7(5-9(10)13(18)19)20-8-3-4-16-11(6-8)12(15)17/h1-6H,(H2,15,17)(H,18,19). The number of nitrogens with zero attached hydrogens (tertiary/aromatic N) is 1. The monoisotopic (exact) mass is 292 g/mol. The molecule has 0 saturated carbocycles. The second kappa shape index (κ2) is 5.58. The first-order chi connectivity index (χ1) is 9.47. The number of carbonyl (C=O) groups is 2. The second-order valence-electron chi connectivity index (χ2n) is 3.79. The quantitative estimate of drug-likeness (QED) is 0.900. The fraction of sp³-hybridized carbons (Fsp3) is 0. The number of carbonyl (C=O) groups excluding carboxylic acids is 1. The summed E-state index contributed by atoms with van der Waals surface area (Å²) in [5, 5.41) is 9.07. The summed E-state index contributed by atoms with van der Waals surface area (Å²) in [4.78, 5) is 25.7. The molecule has 0 spiro atoms. The summed E-state index contributed by atoms with van der Waals surface area (Å²) >= 11 is 5.75. The molecule has 0 unspecified atom stereocenters. The number of carboxylic acids is 1. The molecule has 20 heavy (non-hydrogen) atoms. The molecule has 2 rings (SSSR count). The molecule has 3 N–H and O–H groups in total. The minimum Gasteiger partial charge on any atom is -0.478 e. The van der Waals surface area contributed by atoms with Gasteiger partial charge in [-0.1, -0.05) is 11.6 Å². The van der Waals surface area contributed by atoms with E-state index in [0.29, 0.717) is 5.75 Å². The lowest BCUT2D eigenvalue weighted by molar-refractivity contribution is 0.0696. The van der Waals surface area contributed by atoms with Gasteiger partial charge in [0.25, 0.3) is 5.91 Å². The Balaban J connectivity index is 2.30. The van der Waals surface area contributed by atoms with Crippen LogP contribution in [0.1, 0.15) is 20.8 Å². The molecule has 0 bridgehead atoms. The van der Waals surface area contributed by atoms with E-state index in [2.05, 4.69) is 4.98 Å². The van der Waals surface area contributed by atoms with Gasteiger partial charge in [-0.05, 0) is 24.3 Å². The number of carboxylic acid groups (broad SMARTS) is 1. The Bertz CT molecular complexity index is 688. The summed E-state index contributed by atoms with van der Waals surface area (Å²) in [7, 11) is 0. The Hall–Kier alpha value is -2.60. The molecule has 7 heteroatoms. The maximum absolute atomic E-state index is 11.0. The Morgan fingerprint density at radius 2 is 1.90 bits per heavy atom. The van der Waals surface area contributed by atoms with Crippen molar-refractivity contribution >= 4 is 23.5 Å². The molecule has 1 aromatic carbocycles. The van der Waals surface area contributed by atoms with Gasteiger partial charge >= 0.3 is 5.97 Å². The lowest BCUT2D eigenvalue weighted by Crippen LogP contribution is -2.12. The average molecular weight is 293 g/mol. The highest BCUT2D eigenvalue weighted by Crippen LogP contribution is 2.26. The number of pyridine rings is 1. The molecule has 0 fully saturated rings. The third-order valence-corrected chi connectivity index (χ3v) is 2.72. The topological polar surface area (TPSA) is 103 Å². The maximum atomic E-state index is 11.0. The molecule has 0 aliphatic heterocycles. The van der Waals surface area contributed by atoms with Gasteiger partial charge in [0.1, 0.15) is 17.2 Å². The van der Waals surface area contributed by atoms with Gasteiger partial charge in [0, 0.05) is 12.3 Å². The Morgan fingerprint density at radius 3 is 2.55 bits per heavy atom. The van der Waals surface area contributed by atoms with Crippen LogP contribution in [0.2, 0.25) is 5.02 Å². The van der Waals surface area contributed by atoms with Crippen LogP contribution in [0.5, 0.6) is 11.5 Å². The zero-order valence-corrected chi connectivity index (χ0v) is 10.8. The van der Waals surface area contributed by atoms with Crippen molar-refractivity contribution in [1.29, 1.82) is 0 Å². The van der Waals surface area contributed by atoms with E-state index < -0.39 is 11.9 Å². The van der Waals surface area contributed by atoms with Gasteiger partial charge in [-0.2, -0.15) is 0 Å². The number of rotatable bonds is 4. The van der Waals surface area contributed by atoms with Crippen molar-refractivity contribution in [1.82, 2.24) is 4.98 Å². The van der Waals surface area contributed by atoms with Gasteiger partial charge in [0.2, 0.25) is 0 Å². The van der Waals surface area contributed by atoms with Gasteiger partial charge < -0.3 is 15.6 Å². The third-order valence-electron chi connectivity index (χ3n) is 2.39. The number of nitrogens with two attached hydrogens (primary N) is 1. The number of hydrogen-bond acceptors (Lipinski definition) is 4. The molecule has 102 valence electrons. The number of primary amides is 1. The fourth-order valence-corrected chi connectivity index (χ4v) is 1.68. The van der Waals surface area contributed by atoms with E-state index in [1.165, 1.54) is 36.5 Å². The molecular weight excluding hydrogens is 284 g/mol. The molecule has 2 aromatic rings. The molecule has 6 nitrogen and oxygen atoms in total. The van der Waals surface area contributed by atoms with Crippen molar-refractivity contribution in [2.24, 2.45) is 5.73 Å². The Kier molecular flexibility index (Phi) is 3.86. The second-order valence-corrected chi connectivity index (χ2v) is 4.20. The Labute approximate surface area is 118 Å². The first-order valence-electron chi connectivity index (χ1n) is 5.44. The minimum atomic E-state index is -1.16. The molecule has 1 heterocycles. The summed E-state index contributed by atoms with van der Waals surface area (Å²) in [6.45, 7) is 0. The number of benzene rings is 1. The van der Waals surface area contributed by atoms with Crippen LogP contribution in [0.15, 0.2) is 36.5 Å². The summed E-state index contributed by atoms with van der Waals surface area (Å²) in [5.41, 5.74) is 5.08. The predicted molar refractivity (Wildman–Crippen MR) is 71.2 cm³/mol. The average Bonchev–Trinajstić information content (AvgIpc) is 2.41. The number of hydrogen-bond donors (Lipinski definition) is 2. The van der Waals surface area contributed by atoms with Gasteiger partial charge in [-0.3, -0.25) is 9.78 Å². The highest BCUT2D eigenvalue weighted by molar-refractivity contribution is 6.33. The van der Waals surface area contributed by atoms with E-state index in [9.17, 15) is 9.59 Å². The van der Waals surface area contributed by atoms with Crippen molar-refractivity contribution in [2.45, 2.75) is 0 Å². The highest BCUT2D eigenvalue weighted by Gasteiger charge is 2.11. The molecule has 0 saturated heterocycles. The smallest absolute Gasteiger partial charge is 0.337 e. The van der Waals surface area contributed by atoms with Crippen LogP contribution in [0.4, 0.5) is 0 Å². The maximum Gasteiger partial charge on any atom is 0.337 e. The minimum absolute atomic E-state index is 0.0509. The van der Waals surface area contributed by atoms with Crippen LogP contribution < -0.4 is 10.5 Å². The van der Waals surface area contributed by atoms with Crippen LogP contribution in [0.3, 0.4) is 0 Å². The van der Waals surface area contributed by atoms with Crippen molar-refractivity contribution in [3.8, 4) is 11.5 Å². The van der Waals surface area contributed by atoms with Crippen LogP contribution in [0, 0.1) is 0 Å². The summed E-state index contributed by atoms with van der Waals surface area (Å²) in [6, 6.07) is 7.09. The van der Waals surface area contributed by atoms with E-state index in [1.54, 1.807) is 0 Å². The molecule has 0 aliphatic carbocycles. The fourth-order valence-electron chi connectivity index (χ4n) is 1.48. The van der Waals surface area contributed by atoms with Crippen LogP contribution in [-0.2, 0) is 0 Å². The summed E-state index contributed by atoms with van der Waals surface area (Å²) in [5.74, 6) is -1.26. The van der Waals surface area contributed by atoms with Crippen molar-refractivity contribution in [2.75, 3.05) is 0 Å². The summed E-state index contributed by atoms with van der Waals surface area (Å²) < 4.78 is 5.45. The predicted octanol–water partition coefficient (Wildman–Crippen LogP) is 2.32. The molecule has 0 radical (unpaired) electrons. The zero-order valence-electron chi connectivity index (χ0n) is 10.0. The zero-order chi connectivity index (χ0) is 14.7. The lowest BCUT2D eigenvalue weighted by Gasteiger charge is -2.07. The molecular formula is C13H9ClN2O4. The van der Waals surface area contributed by atoms with E-state index in [1.807, 2.05) is 0 Å². The van der Waals surface area contributed by atoms with E-state index in [-0.39, 0.29) is 22.0 Å². The number of halogens is 1. The number of aromatic nitrogens is 1. The van der Waals surface area contributed by atoms with Crippen LogP contribution >= 0.6 is 11.6 Å². The van der Waals surface area contributed by atoms with E-state index in [4.69, 9.17) is 27.2 Å². The van der Waals surface area contributed by atoms with Gasteiger partial charge in [0.05, 0.1) is 10.6 Å². The van der Waals surface area contributed by atoms with Crippen LogP contribution in [-0.4, -0.2) is 22.0 Å². The van der Waals surface area contributed by atoms with Crippen molar-refractivity contribution in [3.63, 3.8) is 0 Å².